The molecule has 0 saturated carbocycles. The van der Waals surface area contributed by atoms with Crippen LogP contribution in [0.15, 0.2) is 72.9 Å². The molecule has 0 aromatic rings. The van der Waals surface area contributed by atoms with Crippen molar-refractivity contribution in [3.8, 4) is 0 Å². The summed E-state index contributed by atoms with van der Waals surface area (Å²) in [7, 11) is 0. The molecule has 7 atom stereocenters. The van der Waals surface area contributed by atoms with Crippen LogP contribution in [0.4, 0.5) is 0 Å². The average Bonchev–Trinajstić information content (AvgIpc) is 3.68. The molecule has 0 spiro atoms. The second-order valence-corrected chi connectivity index (χ2v) is 23.5. The number of carbonyl (C=O) groups excluding carboxylic acids is 2. The Morgan fingerprint density at radius 3 is 1.33 bits per heavy atom. The predicted molar refractivity (Wildman–Crippen MR) is 343 cm³/mol. The third kappa shape index (κ3) is 48.3. The molecule has 1 aliphatic rings. The SMILES string of the molecule is CCC/C=C/CC/C=C/CC/C=C/C(O)C(COC1OC(CO)C(O)C(O)C1O)NC(=O)CCCCCCCCCCCCCCCCC/C=C\C/C=C\CCCCCCCCCCCOC(=O)CCCCCCC/C=C\CCCCC. The van der Waals surface area contributed by atoms with Crippen LogP contribution in [0, 0.1) is 0 Å². The Morgan fingerprint density at radius 1 is 0.451 bits per heavy atom. The highest BCUT2D eigenvalue weighted by molar-refractivity contribution is 5.76. The molecule has 1 fully saturated rings. The first kappa shape index (κ1) is 77.1. The number of carbonyl (C=O) groups is 2. The Hall–Kier alpha value is -2.90. The van der Waals surface area contributed by atoms with Gasteiger partial charge < -0.3 is 45.1 Å². The molecule has 82 heavy (non-hydrogen) atoms. The van der Waals surface area contributed by atoms with Crippen LogP contribution in [0.25, 0.3) is 0 Å². The lowest BCUT2D eigenvalue weighted by Gasteiger charge is -2.40. The maximum Gasteiger partial charge on any atom is 0.305 e. The monoisotopic (exact) mass is 1150 g/mol. The van der Waals surface area contributed by atoms with Gasteiger partial charge in [0, 0.05) is 12.8 Å². The van der Waals surface area contributed by atoms with Gasteiger partial charge in [-0.25, -0.2) is 0 Å². The summed E-state index contributed by atoms with van der Waals surface area (Å²) in [6, 6.07) is -0.835. The van der Waals surface area contributed by atoms with E-state index in [0.717, 1.165) is 83.5 Å². The van der Waals surface area contributed by atoms with Gasteiger partial charge in [0.25, 0.3) is 0 Å². The first-order chi connectivity index (χ1) is 40.2. The van der Waals surface area contributed by atoms with Gasteiger partial charge in [0.2, 0.25) is 5.91 Å². The summed E-state index contributed by atoms with van der Waals surface area (Å²) in [5.41, 5.74) is 0. The van der Waals surface area contributed by atoms with Crippen molar-refractivity contribution in [2.45, 2.75) is 346 Å². The van der Waals surface area contributed by atoms with Gasteiger partial charge in [0.05, 0.1) is 32.0 Å². The third-order valence-corrected chi connectivity index (χ3v) is 15.7. The van der Waals surface area contributed by atoms with E-state index in [2.05, 4.69) is 79.9 Å². The van der Waals surface area contributed by atoms with E-state index in [0.29, 0.717) is 19.4 Å². The molecule has 1 heterocycles. The maximum absolute atomic E-state index is 13.0. The number of unbranched alkanes of at least 4 members (excludes halogenated alkanes) is 35. The highest BCUT2D eigenvalue weighted by Gasteiger charge is 2.44. The molecular weight excluding hydrogens is 1030 g/mol. The lowest BCUT2D eigenvalue weighted by Crippen LogP contribution is -2.60. The van der Waals surface area contributed by atoms with E-state index in [4.69, 9.17) is 14.2 Å². The molecule has 476 valence electrons. The van der Waals surface area contributed by atoms with Crippen molar-refractivity contribution < 1.29 is 49.3 Å². The maximum atomic E-state index is 13.0. The molecule has 0 aliphatic carbocycles. The summed E-state index contributed by atoms with van der Waals surface area (Å²) in [4.78, 5) is 25.1. The van der Waals surface area contributed by atoms with Gasteiger partial charge in [-0.3, -0.25) is 9.59 Å². The standard InChI is InChI=1S/C71H127NO10/c1-3-5-7-9-11-13-15-39-43-47-51-55-59-67(76)80-60-56-52-48-44-40-36-34-32-30-28-26-24-22-20-18-16-17-19-21-23-25-27-29-31-33-35-38-42-46-50-54-58-66(75)72-63(62-81-71-70(79)69(78)68(77)65(61-73)82-71)64(74)57-53-49-45-41-37-14-12-10-8-6-4-2/h8,10-11,13,18,20,24,26,37,41,53,57,63-65,68-71,73-74,77-79H,3-7,9,12,14-17,19,21-23,25,27-36,38-40,42-52,54-56,58-62H2,1-2H3,(H,72,75)/b10-8+,13-11-,20-18-,26-24-,41-37+,57-53+. The fraction of sp³-hybridized carbons (Fsp3) is 0.803. The minimum Gasteiger partial charge on any atom is -0.466 e. The molecule has 0 aromatic carbocycles. The number of rotatable bonds is 59. The highest BCUT2D eigenvalue weighted by atomic mass is 16.7. The van der Waals surface area contributed by atoms with E-state index >= 15 is 0 Å². The van der Waals surface area contributed by atoms with Crippen molar-refractivity contribution in [1.29, 1.82) is 0 Å². The van der Waals surface area contributed by atoms with Crippen LogP contribution < -0.4 is 5.32 Å². The van der Waals surface area contributed by atoms with Crippen LogP contribution in [0.1, 0.15) is 303 Å². The zero-order valence-electron chi connectivity index (χ0n) is 52.7. The van der Waals surface area contributed by atoms with Gasteiger partial charge in [0.15, 0.2) is 6.29 Å². The van der Waals surface area contributed by atoms with Crippen LogP contribution >= 0.6 is 0 Å². The van der Waals surface area contributed by atoms with E-state index in [9.17, 15) is 35.1 Å². The van der Waals surface area contributed by atoms with Gasteiger partial charge in [-0.2, -0.15) is 0 Å². The van der Waals surface area contributed by atoms with Crippen LogP contribution in [0.2, 0.25) is 0 Å². The molecule has 0 bridgehead atoms. The van der Waals surface area contributed by atoms with Crippen molar-refractivity contribution in [3.63, 3.8) is 0 Å². The summed E-state index contributed by atoms with van der Waals surface area (Å²) >= 11 is 0. The zero-order valence-corrected chi connectivity index (χ0v) is 52.7. The number of ether oxygens (including phenoxy) is 3. The Bertz CT molecular complexity index is 1590. The lowest BCUT2D eigenvalue weighted by molar-refractivity contribution is -0.302. The quantitative estimate of drug-likeness (QED) is 0.0195. The summed E-state index contributed by atoms with van der Waals surface area (Å²) in [5.74, 6) is -0.204. The minimum atomic E-state index is -1.58. The smallest absolute Gasteiger partial charge is 0.305 e. The number of aliphatic hydroxyl groups excluding tert-OH is 5. The molecule has 0 radical (unpaired) electrons. The van der Waals surface area contributed by atoms with Gasteiger partial charge >= 0.3 is 5.97 Å². The van der Waals surface area contributed by atoms with E-state index in [1.807, 2.05) is 6.08 Å². The number of amides is 1. The number of esters is 1. The fourth-order valence-corrected chi connectivity index (χ4v) is 10.3. The average molecular weight is 1150 g/mol. The Kier molecular flexibility index (Phi) is 56.2. The van der Waals surface area contributed by atoms with Crippen LogP contribution in [-0.2, 0) is 23.8 Å². The molecule has 1 rings (SSSR count). The molecule has 1 amide bonds. The van der Waals surface area contributed by atoms with Crippen molar-refractivity contribution in [2.24, 2.45) is 0 Å². The highest BCUT2D eigenvalue weighted by Crippen LogP contribution is 2.23. The number of hydrogen-bond acceptors (Lipinski definition) is 10. The summed E-state index contributed by atoms with van der Waals surface area (Å²) in [6.45, 7) is 4.23. The van der Waals surface area contributed by atoms with Crippen molar-refractivity contribution in [3.05, 3.63) is 72.9 Å². The molecule has 0 aromatic heterocycles. The van der Waals surface area contributed by atoms with Crippen molar-refractivity contribution >= 4 is 11.9 Å². The van der Waals surface area contributed by atoms with Crippen LogP contribution in [0.5, 0.6) is 0 Å². The third-order valence-electron chi connectivity index (χ3n) is 15.7. The zero-order chi connectivity index (χ0) is 59.5. The fourth-order valence-electron chi connectivity index (χ4n) is 10.3. The summed E-state index contributed by atoms with van der Waals surface area (Å²) in [5, 5.41) is 54.3. The second-order valence-electron chi connectivity index (χ2n) is 23.5. The van der Waals surface area contributed by atoms with E-state index < -0.39 is 49.5 Å². The van der Waals surface area contributed by atoms with E-state index in [1.54, 1.807) is 6.08 Å². The van der Waals surface area contributed by atoms with Crippen LogP contribution in [0.3, 0.4) is 0 Å². The Morgan fingerprint density at radius 2 is 0.854 bits per heavy atom. The summed E-state index contributed by atoms with van der Waals surface area (Å²) in [6.07, 6.45) is 70.4. The largest absolute Gasteiger partial charge is 0.466 e. The number of nitrogens with one attached hydrogen (secondary N) is 1. The topological polar surface area (TPSA) is 175 Å². The molecular formula is C71H127NO10. The van der Waals surface area contributed by atoms with Gasteiger partial charge in [0.1, 0.15) is 24.4 Å². The lowest BCUT2D eigenvalue weighted by atomic mass is 9.99. The van der Waals surface area contributed by atoms with Crippen LogP contribution in [-0.4, -0.2) is 100 Å². The molecule has 1 aliphatic heterocycles. The number of aliphatic hydroxyl groups is 5. The first-order valence-corrected chi connectivity index (χ1v) is 34.2. The van der Waals surface area contributed by atoms with Gasteiger partial charge in [-0.1, -0.05) is 254 Å². The molecule has 1 saturated heterocycles. The van der Waals surface area contributed by atoms with E-state index in [-0.39, 0.29) is 18.5 Å². The number of hydrogen-bond donors (Lipinski definition) is 6. The predicted octanol–water partition coefficient (Wildman–Crippen LogP) is 17.1. The first-order valence-electron chi connectivity index (χ1n) is 34.2. The minimum absolute atomic E-state index is 0.00595. The van der Waals surface area contributed by atoms with E-state index in [1.165, 1.54) is 193 Å². The molecule has 11 nitrogen and oxygen atoms in total. The molecule has 6 N–H and O–H groups in total. The second kappa shape index (κ2) is 59.8. The Labute approximate surface area is 502 Å². The normalized spacial score (nSPS) is 18.6. The Balaban J connectivity index is 1.97. The van der Waals surface area contributed by atoms with Crippen molar-refractivity contribution in [2.75, 3.05) is 19.8 Å². The van der Waals surface area contributed by atoms with Gasteiger partial charge in [-0.15, -0.1) is 0 Å². The van der Waals surface area contributed by atoms with Gasteiger partial charge in [-0.05, 0) is 109 Å². The molecule has 7 unspecified atom stereocenters. The summed E-state index contributed by atoms with van der Waals surface area (Å²) < 4.78 is 16.7. The number of allylic oxidation sites excluding steroid dienone is 11. The van der Waals surface area contributed by atoms with Crippen molar-refractivity contribution in [1.82, 2.24) is 5.32 Å². The molecule has 11 heteroatoms.